The Bertz CT molecular complexity index is 985. The molecule has 2 aromatic rings. The molecule has 0 unspecified atom stereocenters. The van der Waals surface area contributed by atoms with Gasteiger partial charge in [0.15, 0.2) is 0 Å². The van der Waals surface area contributed by atoms with Crippen molar-refractivity contribution in [3.05, 3.63) is 65.2 Å². The van der Waals surface area contributed by atoms with E-state index in [1.54, 1.807) is 7.11 Å². The number of carbonyl (C=O) groups is 1. The summed E-state index contributed by atoms with van der Waals surface area (Å²) in [5, 5.41) is 0. The summed E-state index contributed by atoms with van der Waals surface area (Å²) in [4.78, 5) is 15.2. The zero-order valence-corrected chi connectivity index (χ0v) is 19.7. The van der Waals surface area contributed by atoms with Crippen LogP contribution in [0.2, 0.25) is 0 Å². The third kappa shape index (κ3) is 4.79. The second kappa shape index (κ2) is 9.23. The largest absolute Gasteiger partial charge is 0.490 e. The predicted octanol–water partition coefficient (Wildman–Crippen LogP) is 4.92. The van der Waals surface area contributed by atoms with Gasteiger partial charge in [0.1, 0.15) is 17.5 Å². The van der Waals surface area contributed by atoms with E-state index in [9.17, 15) is 18.0 Å². The highest BCUT2D eigenvalue weighted by Crippen LogP contribution is 2.35. The van der Waals surface area contributed by atoms with Gasteiger partial charge in [-0.1, -0.05) is 24.3 Å². The molecular formula is C26H30F3NO4. The highest BCUT2D eigenvalue weighted by Gasteiger charge is 2.41. The standard InChI is InChI=1S/C26H30F3NO4/c1-24(2,18-4-6-19(7-5-18)25(32-3)16-33-17-25)23(31)30-14-12-22(13-15-30)34-21-10-8-20(9-11-21)26(27,28)29/h4-11,22H,12-17H2,1-3H3. The van der Waals surface area contributed by atoms with E-state index in [4.69, 9.17) is 14.2 Å². The Morgan fingerprint density at radius 1 is 0.971 bits per heavy atom. The van der Waals surface area contributed by atoms with Gasteiger partial charge in [0, 0.05) is 33.0 Å². The van der Waals surface area contributed by atoms with Crippen molar-refractivity contribution < 1.29 is 32.2 Å². The molecule has 184 valence electrons. The molecule has 2 saturated heterocycles. The smallest absolute Gasteiger partial charge is 0.416 e. The van der Waals surface area contributed by atoms with Gasteiger partial charge in [0.2, 0.25) is 5.91 Å². The van der Waals surface area contributed by atoms with Crippen LogP contribution in [-0.4, -0.2) is 50.3 Å². The first-order valence-electron chi connectivity index (χ1n) is 11.4. The second-order valence-corrected chi connectivity index (χ2v) is 9.53. The number of carbonyl (C=O) groups excluding carboxylic acids is 1. The molecule has 1 amide bonds. The summed E-state index contributed by atoms with van der Waals surface area (Å²) < 4.78 is 55.0. The van der Waals surface area contributed by atoms with Gasteiger partial charge in [-0.15, -0.1) is 0 Å². The predicted molar refractivity (Wildman–Crippen MR) is 121 cm³/mol. The van der Waals surface area contributed by atoms with E-state index in [1.807, 2.05) is 43.0 Å². The lowest BCUT2D eigenvalue weighted by atomic mass is 9.81. The second-order valence-electron chi connectivity index (χ2n) is 9.53. The average Bonchev–Trinajstić information content (AvgIpc) is 2.79. The fourth-order valence-corrected chi connectivity index (χ4v) is 4.49. The topological polar surface area (TPSA) is 48.0 Å². The van der Waals surface area contributed by atoms with Gasteiger partial charge >= 0.3 is 6.18 Å². The number of amides is 1. The third-order valence-electron chi connectivity index (χ3n) is 6.94. The third-order valence-corrected chi connectivity index (χ3v) is 6.94. The summed E-state index contributed by atoms with van der Waals surface area (Å²) in [6.45, 7) is 5.97. The Morgan fingerprint density at radius 2 is 1.53 bits per heavy atom. The van der Waals surface area contributed by atoms with Gasteiger partial charge in [-0.2, -0.15) is 13.2 Å². The number of nitrogens with zero attached hydrogens (tertiary/aromatic N) is 1. The molecule has 8 heteroatoms. The lowest BCUT2D eigenvalue weighted by molar-refractivity contribution is -0.202. The van der Waals surface area contributed by atoms with Crippen molar-refractivity contribution in [2.45, 2.75) is 50.0 Å². The number of hydrogen-bond acceptors (Lipinski definition) is 4. The minimum absolute atomic E-state index is 0.0432. The van der Waals surface area contributed by atoms with Crippen LogP contribution >= 0.6 is 0 Å². The van der Waals surface area contributed by atoms with Crippen LogP contribution in [0.3, 0.4) is 0 Å². The Balaban J connectivity index is 1.34. The highest BCUT2D eigenvalue weighted by atomic mass is 19.4. The van der Waals surface area contributed by atoms with Crippen molar-refractivity contribution in [2.24, 2.45) is 0 Å². The molecule has 0 saturated carbocycles. The van der Waals surface area contributed by atoms with Crippen LogP contribution in [0, 0.1) is 0 Å². The maximum atomic E-state index is 13.4. The van der Waals surface area contributed by atoms with Crippen LogP contribution in [0.15, 0.2) is 48.5 Å². The van der Waals surface area contributed by atoms with E-state index in [-0.39, 0.29) is 12.0 Å². The molecule has 2 aliphatic heterocycles. The van der Waals surface area contributed by atoms with Crippen molar-refractivity contribution in [3.8, 4) is 5.75 Å². The first kappa shape index (κ1) is 24.5. The molecule has 0 aromatic heterocycles. The number of methoxy groups -OCH3 is 1. The zero-order chi connectivity index (χ0) is 24.6. The van der Waals surface area contributed by atoms with Crippen molar-refractivity contribution in [1.29, 1.82) is 0 Å². The summed E-state index contributed by atoms with van der Waals surface area (Å²) in [5.74, 6) is 0.450. The molecule has 0 spiro atoms. The number of ether oxygens (including phenoxy) is 3. The number of halogens is 3. The van der Waals surface area contributed by atoms with Gasteiger partial charge in [0.25, 0.3) is 0 Å². The molecule has 0 bridgehead atoms. The lowest BCUT2D eigenvalue weighted by Crippen LogP contribution is -2.49. The Labute approximate surface area is 197 Å². The van der Waals surface area contributed by atoms with Crippen molar-refractivity contribution in [1.82, 2.24) is 4.90 Å². The number of benzene rings is 2. The van der Waals surface area contributed by atoms with E-state index < -0.39 is 22.8 Å². The quantitative estimate of drug-likeness (QED) is 0.592. The molecule has 4 rings (SSSR count). The van der Waals surface area contributed by atoms with Crippen LogP contribution in [0.4, 0.5) is 13.2 Å². The van der Waals surface area contributed by atoms with Crippen molar-refractivity contribution >= 4 is 5.91 Å². The number of alkyl halides is 3. The van der Waals surface area contributed by atoms with Crippen LogP contribution in [-0.2, 0) is 31.5 Å². The lowest BCUT2D eigenvalue weighted by Gasteiger charge is -2.41. The van der Waals surface area contributed by atoms with Crippen LogP contribution in [0.1, 0.15) is 43.4 Å². The van der Waals surface area contributed by atoms with Crippen LogP contribution in [0.25, 0.3) is 0 Å². The number of likely N-dealkylation sites (tertiary alicyclic amines) is 1. The Hall–Kier alpha value is -2.58. The van der Waals surface area contributed by atoms with Crippen molar-refractivity contribution in [3.63, 3.8) is 0 Å². The molecule has 2 fully saturated rings. The molecule has 0 radical (unpaired) electrons. The maximum Gasteiger partial charge on any atom is 0.416 e. The molecule has 0 aliphatic carbocycles. The normalized spacial score (nSPS) is 18.9. The zero-order valence-electron chi connectivity index (χ0n) is 19.7. The fourth-order valence-electron chi connectivity index (χ4n) is 4.49. The molecule has 0 atom stereocenters. The number of piperidine rings is 1. The SMILES string of the molecule is COC1(c2ccc(C(C)(C)C(=O)N3CCC(Oc4ccc(C(F)(F)F)cc4)CC3)cc2)COC1. The van der Waals surface area contributed by atoms with Gasteiger partial charge < -0.3 is 19.1 Å². The van der Waals surface area contributed by atoms with E-state index in [1.165, 1.54) is 12.1 Å². The number of hydrogen-bond donors (Lipinski definition) is 0. The van der Waals surface area contributed by atoms with E-state index in [0.717, 1.165) is 23.3 Å². The van der Waals surface area contributed by atoms with Crippen LogP contribution < -0.4 is 4.74 Å². The molecular weight excluding hydrogens is 447 g/mol. The van der Waals surface area contributed by atoms with Gasteiger partial charge in [-0.05, 0) is 49.2 Å². The van der Waals surface area contributed by atoms with Crippen LogP contribution in [0.5, 0.6) is 5.75 Å². The average molecular weight is 478 g/mol. The highest BCUT2D eigenvalue weighted by molar-refractivity contribution is 5.87. The first-order valence-corrected chi connectivity index (χ1v) is 11.4. The molecule has 34 heavy (non-hydrogen) atoms. The minimum atomic E-state index is -4.37. The number of rotatable bonds is 6. The fraction of sp³-hybridized carbons (Fsp3) is 0.500. The summed E-state index contributed by atoms with van der Waals surface area (Å²) in [6.07, 6.45) is -3.26. The summed E-state index contributed by atoms with van der Waals surface area (Å²) >= 11 is 0. The minimum Gasteiger partial charge on any atom is -0.490 e. The Morgan fingerprint density at radius 3 is 2.00 bits per heavy atom. The molecule has 5 nitrogen and oxygen atoms in total. The van der Waals surface area contributed by atoms with E-state index in [2.05, 4.69) is 0 Å². The van der Waals surface area contributed by atoms with Gasteiger partial charge in [0.05, 0.1) is 24.2 Å². The first-order chi connectivity index (χ1) is 16.0. The van der Waals surface area contributed by atoms with E-state index in [0.29, 0.717) is 44.9 Å². The maximum absolute atomic E-state index is 13.4. The summed E-state index contributed by atoms with van der Waals surface area (Å²) in [7, 11) is 1.68. The van der Waals surface area contributed by atoms with Gasteiger partial charge in [-0.3, -0.25) is 4.79 Å². The van der Waals surface area contributed by atoms with Gasteiger partial charge in [-0.25, -0.2) is 0 Å². The molecule has 2 heterocycles. The summed E-state index contributed by atoms with van der Waals surface area (Å²) in [5.41, 5.74) is 0.164. The summed E-state index contributed by atoms with van der Waals surface area (Å²) in [6, 6.07) is 12.7. The Kier molecular flexibility index (Phi) is 6.66. The van der Waals surface area contributed by atoms with Crippen molar-refractivity contribution in [2.75, 3.05) is 33.4 Å². The molecule has 2 aromatic carbocycles. The van der Waals surface area contributed by atoms with E-state index >= 15 is 0 Å². The molecule has 2 aliphatic rings. The molecule has 0 N–H and O–H groups in total. The monoisotopic (exact) mass is 477 g/mol.